The number of ether oxygens (including phenoxy) is 1. The van der Waals surface area contributed by atoms with E-state index in [4.69, 9.17) is 4.74 Å². The molecule has 2 N–H and O–H groups in total. The quantitative estimate of drug-likeness (QED) is 0.787. The van der Waals surface area contributed by atoms with Crippen LogP contribution in [0, 0.1) is 0 Å². The van der Waals surface area contributed by atoms with E-state index < -0.39 is 0 Å². The normalized spacial score (nSPS) is 20.6. The van der Waals surface area contributed by atoms with Gasteiger partial charge in [0, 0.05) is 31.5 Å². The Morgan fingerprint density at radius 1 is 1.62 bits per heavy atom. The average molecular weight is 223 g/mol. The summed E-state index contributed by atoms with van der Waals surface area (Å²) < 4.78 is 5.40. The molecular weight excluding hydrogens is 206 g/mol. The van der Waals surface area contributed by atoms with E-state index in [9.17, 15) is 4.79 Å². The topological polar surface area (TPSA) is 67.0 Å². The van der Waals surface area contributed by atoms with E-state index in [1.807, 2.05) is 0 Å². The fourth-order valence-corrected chi connectivity index (χ4v) is 1.80. The third kappa shape index (κ3) is 3.06. The lowest BCUT2D eigenvalue weighted by atomic mass is 10.1. The van der Waals surface area contributed by atoms with Crippen LogP contribution in [0.3, 0.4) is 0 Å². The Hall–Kier alpha value is -1.36. The highest BCUT2D eigenvalue weighted by molar-refractivity contribution is 5.80. The van der Waals surface area contributed by atoms with Crippen LogP contribution in [0.15, 0.2) is 12.5 Å². The third-order valence-corrected chi connectivity index (χ3v) is 2.72. The molecule has 1 atom stereocenters. The largest absolute Gasteiger partial charge is 0.368 e. The predicted octanol–water partition coefficient (Wildman–Crippen LogP) is 0.637. The Bertz CT molecular complexity index is 318. The van der Waals surface area contributed by atoms with Crippen molar-refractivity contribution >= 4 is 5.91 Å². The van der Waals surface area contributed by atoms with Crippen LogP contribution < -0.4 is 5.32 Å². The van der Waals surface area contributed by atoms with Gasteiger partial charge in [0.15, 0.2) is 0 Å². The van der Waals surface area contributed by atoms with Crippen LogP contribution in [0.25, 0.3) is 0 Å². The van der Waals surface area contributed by atoms with Crippen molar-refractivity contribution in [2.24, 2.45) is 0 Å². The first-order valence-electron chi connectivity index (χ1n) is 5.73. The van der Waals surface area contributed by atoms with Gasteiger partial charge in [-0.05, 0) is 19.3 Å². The molecule has 0 radical (unpaired) electrons. The lowest BCUT2D eigenvalue weighted by Gasteiger charge is -2.21. The number of rotatable bonds is 4. The minimum atomic E-state index is -0.240. The molecule has 1 aliphatic heterocycles. The predicted molar refractivity (Wildman–Crippen MR) is 58.9 cm³/mol. The van der Waals surface area contributed by atoms with Gasteiger partial charge in [0.1, 0.15) is 6.10 Å². The molecule has 0 spiro atoms. The molecule has 2 rings (SSSR count). The van der Waals surface area contributed by atoms with E-state index >= 15 is 0 Å². The highest BCUT2D eigenvalue weighted by Crippen LogP contribution is 2.12. The minimum absolute atomic E-state index is 0.0132. The molecule has 16 heavy (non-hydrogen) atoms. The van der Waals surface area contributed by atoms with Gasteiger partial charge in [0.25, 0.3) is 0 Å². The first-order valence-corrected chi connectivity index (χ1v) is 5.73. The molecule has 0 aromatic carbocycles. The Kier molecular flexibility index (Phi) is 3.93. The van der Waals surface area contributed by atoms with Crippen molar-refractivity contribution in [1.82, 2.24) is 15.3 Å². The van der Waals surface area contributed by atoms with Crippen LogP contribution in [-0.4, -0.2) is 35.1 Å². The summed E-state index contributed by atoms with van der Waals surface area (Å²) in [6, 6.07) is 0. The average Bonchev–Trinajstić information content (AvgIpc) is 2.83. The van der Waals surface area contributed by atoms with Gasteiger partial charge in [0.2, 0.25) is 5.91 Å². The summed E-state index contributed by atoms with van der Waals surface area (Å²) in [6.45, 7) is 1.33. The van der Waals surface area contributed by atoms with E-state index in [0.29, 0.717) is 13.2 Å². The second-order valence-electron chi connectivity index (χ2n) is 3.97. The van der Waals surface area contributed by atoms with Gasteiger partial charge < -0.3 is 15.0 Å². The van der Waals surface area contributed by atoms with Crippen LogP contribution in [0.4, 0.5) is 0 Å². The number of aromatic nitrogens is 2. The van der Waals surface area contributed by atoms with Crippen LogP contribution >= 0.6 is 0 Å². The zero-order valence-electron chi connectivity index (χ0n) is 9.24. The molecule has 5 nitrogen and oxygen atoms in total. The number of carbonyl (C=O) groups is 1. The highest BCUT2D eigenvalue weighted by Gasteiger charge is 2.21. The Labute approximate surface area is 94.6 Å². The van der Waals surface area contributed by atoms with Crippen LogP contribution in [0.1, 0.15) is 25.0 Å². The fourth-order valence-electron chi connectivity index (χ4n) is 1.80. The number of aromatic amines is 1. The Morgan fingerprint density at radius 2 is 2.56 bits per heavy atom. The summed E-state index contributed by atoms with van der Waals surface area (Å²) >= 11 is 0. The van der Waals surface area contributed by atoms with Crippen molar-refractivity contribution in [2.75, 3.05) is 13.2 Å². The number of nitrogens with zero attached hydrogens (tertiary/aromatic N) is 1. The van der Waals surface area contributed by atoms with Gasteiger partial charge >= 0.3 is 0 Å². The van der Waals surface area contributed by atoms with Gasteiger partial charge in [-0.2, -0.15) is 0 Å². The van der Waals surface area contributed by atoms with E-state index in [1.165, 1.54) is 0 Å². The number of carbonyl (C=O) groups excluding carboxylic acids is 1. The summed E-state index contributed by atoms with van der Waals surface area (Å²) in [4.78, 5) is 18.6. The standard InChI is InChI=1S/C11H17N3O2/c15-11(10-3-1-2-6-16-10)13-5-4-9-7-12-8-14-9/h7-8,10H,1-6H2,(H,12,14)(H,13,15). The molecule has 1 aliphatic rings. The highest BCUT2D eigenvalue weighted by atomic mass is 16.5. The minimum Gasteiger partial charge on any atom is -0.368 e. The van der Waals surface area contributed by atoms with E-state index in [1.54, 1.807) is 12.5 Å². The van der Waals surface area contributed by atoms with Gasteiger partial charge in [-0.15, -0.1) is 0 Å². The van der Waals surface area contributed by atoms with Crippen molar-refractivity contribution in [3.63, 3.8) is 0 Å². The van der Waals surface area contributed by atoms with Gasteiger partial charge in [-0.3, -0.25) is 4.79 Å². The third-order valence-electron chi connectivity index (χ3n) is 2.72. The summed E-state index contributed by atoms with van der Waals surface area (Å²) in [6.07, 6.45) is 6.94. The number of hydrogen-bond donors (Lipinski definition) is 2. The molecule has 0 saturated carbocycles. The van der Waals surface area contributed by atoms with Crippen molar-refractivity contribution in [2.45, 2.75) is 31.8 Å². The Morgan fingerprint density at radius 3 is 3.25 bits per heavy atom. The van der Waals surface area contributed by atoms with Gasteiger partial charge in [-0.25, -0.2) is 4.98 Å². The molecule has 2 heterocycles. The Balaban J connectivity index is 1.67. The number of amides is 1. The zero-order chi connectivity index (χ0) is 11.2. The molecule has 1 aromatic rings. The molecule has 88 valence electrons. The van der Waals surface area contributed by atoms with Gasteiger partial charge in [0.05, 0.1) is 6.33 Å². The van der Waals surface area contributed by atoms with Gasteiger partial charge in [-0.1, -0.05) is 0 Å². The molecule has 1 unspecified atom stereocenters. The first kappa shape index (κ1) is 11.1. The van der Waals surface area contributed by atoms with Crippen molar-refractivity contribution in [3.8, 4) is 0 Å². The number of nitrogens with one attached hydrogen (secondary N) is 2. The number of H-pyrrole nitrogens is 1. The second-order valence-corrected chi connectivity index (χ2v) is 3.97. The maximum absolute atomic E-state index is 11.7. The smallest absolute Gasteiger partial charge is 0.249 e. The lowest BCUT2D eigenvalue weighted by molar-refractivity contribution is -0.135. The zero-order valence-corrected chi connectivity index (χ0v) is 9.24. The summed E-state index contributed by atoms with van der Waals surface area (Å²) in [5.41, 5.74) is 1.03. The van der Waals surface area contributed by atoms with Crippen LogP contribution in [0.5, 0.6) is 0 Å². The maximum Gasteiger partial charge on any atom is 0.249 e. The lowest BCUT2D eigenvalue weighted by Crippen LogP contribution is -2.39. The fraction of sp³-hybridized carbons (Fsp3) is 0.636. The summed E-state index contributed by atoms with van der Waals surface area (Å²) in [5, 5.41) is 2.88. The summed E-state index contributed by atoms with van der Waals surface area (Å²) in [7, 11) is 0. The molecule has 0 aliphatic carbocycles. The maximum atomic E-state index is 11.7. The molecule has 1 amide bonds. The molecule has 1 aromatic heterocycles. The number of imidazole rings is 1. The SMILES string of the molecule is O=C(NCCc1cnc[nH]1)C1CCCCO1. The molecule has 5 heteroatoms. The van der Waals surface area contributed by atoms with Crippen molar-refractivity contribution < 1.29 is 9.53 Å². The first-order chi connectivity index (χ1) is 7.86. The molecule has 0 bridgehead atoms. The summed E-state index contributed by atoms with van der Waals surface area (Å²) in [5.74, 6) is 0.0132. The van der Waals surface area contributed by atoms with E-state index in [0.717, 1.165) is 31.4 Å². The van der Waals surface area contributed by atoms with E-state index in [2.05, 4.69) is 15.3 Å². The molecule has 1 saturated heterocycles. The van der Waals surface area contributed by atoms with Crippen molar-refractivity contribution in [1.29, 1.82) is 0 Å². The molecular formula is C11H17N3O2. The van der Waals surface area contributed by atoms with Crippen LogP contribution in [0.2, 0.25) is 0 Å². The monoisotopic (exact) mass is 223 g/mol. The van der Waals surface area contributed by atoms with Crippen LogP contribution in [-0.2, 0) is 16.0 Å². The van der Waals surface area contributed by atoms with Crippen molar-refractivity contribution in [3.05, 3.63) is 18.2 Å². The van der Waals surface area contributed by atoms with E-state index in [-0.39, 0.29) is 12.0 Å². The molecule has 1 fully saturated rings. The number of hydrogen-bond acceptors (Lipinski definition) is 3. The second kappa shape index (κ2) is 5.65.